The van der Waals surface area contributed by atoms with Gasteiger partial charge >= 0.3 is 0 Å². The van der Waals surface area contributed by atoms with E-state index in [4.69, 9.17) is 23.2 Å². The number of amides is 1. The van der Waals surface area contributed by atoms with E-state index < -0.39 is 0 Å². The largest absolute Gasteiger partial charge is 0.378 e. The maximum atomic E-state index is 13.0. The fourth-order valence-corrected chi connectivity index (χ4v) is 6.69. The first-order chi connectivity index (χ1) is 15.6. The molecule has 1 amide bonds. The van der Waals surface area contributed by atoms with Crippen molar-refractivity contribution in [2.75, 3.05) is 10.6 Å². The smallest absolute Gasteiger partial charge is 0.255 e. The van der Waals surface area contributed by atoms with Crippen molar-refractivity contribution in [1.29, 1.82) is 0 Å². The van der Waals surface area contributed by atoms with Gasteiger partial charge in [-0.15, -0.1) is 0 Å². The Kier molecular flexibility index (Phi) is 4.93. The molecule has 32 heavy (non-hydrogen) atoms. The summed E-state index contributed by atoms with van der Waals surface area (Å²) in [5, 5.41) is 7.69. The molecule has 5 heteroatoms. The van der Waals surface area contributed by atoms with Crippen LogP contribution in [0, 0.1) is 17.8 Å². The summed E-state index contributed by atoms with van der Waals surface area (Å²) in [4.78, 5) is 13.0. The van der Waals surface area contributed by atoms with Gasteiger partial charge in [0.25, 0.3) is 5.91 Å². The van der Waals surface area contributed by atoms with E-state index in [0.29, 0.717) is 45.1 Å². The SMILES string of the molecule is O=C(Nc1ccc(Cl)c(Cl)c1)c1ccc2c(c1)[C@@H]1[C@H]3CC[C@@H](C3)[C@@H]1[C@H](c1ccccc1)N2. The summed E-state index contributed by atoms with van der Waals surface area (Å²) in [5.74, 6) is 2.43. The van der Waals surface area contributed by atoms with Crippen LogP contribution < -0.4 is 10.6 Å². The second-order valence-electron chi connectivity index (χ2n) is 9.35. The number of carbonyl (C=O) groups is 1. The highest BCUT2D eigenvalue weighted by Gasteiger charge is 2.53. The fourth-order valence-electron chi connectivity index (χ4n) is 6.39. The number of rotatable bonds is 3. The maximum absolute atomic E-state index is 13.0. The van der Waals surface area contributed by atoms with Crippen molar-refractivity contribution in [3.63, 3.8) is 0 Å². The van der Waals surface area contributed by atoms with Crippen LogP contribution in [0.15, 0.2) is 66.7 Å². The third-order valence-electron chi connectivity index (χ3n) is 7.69. The number of benzene rings is 3. The fraction of sp³-hybridized carbons (Fsp3) is 0.296. The molecule has 3 aromatic carbocycles. The number of carbonyl (C=O) groups excluding carboxylic acids is 1. The van der Waals surface area contributed by atoms with Crippen molar-refractivity contribution in [1.82, 2.24) is 0 Å². The lowest BCUT2D eigenvalue weighted by atomic mass is 9.68. The molecule has 2 bridgehead atoms. The highest BCUT2D eigenvalue weighted by molar-refractivity contribution is 6.42. The number of hydrogen-bond acceptors (Lipinski definition) is 2. The first kappa shape index (κ1) is 20.1. The Morgan fingerprint density at radius 3 is 2.53 bits per heavy atom. The van der Waals surface area contributed by atoms with Gasteiger partial charge < -0.3 is 10.6 Å². The van der Waals surface area contributed by atoms with Crippen LogP contribution in [0.25, 0.3) is 0 Å². The first-order valence-electron chi connectivity index (χ1n) is 11.3. The lowest BCUT2D eigenvalue weighted by Crippen LogP contribution is -2.35. The van der Waals surface area contributed by atoms with Gasteiger partial charge in [0.1, 0.15) is 0 Å². The number of anilines is 2. The lowest BCUT2D eigenvalue weighted by Gasteiger charge is -2.43. The molecule has 0 radical (unpaired) electrons. The minimum atomic E-state index is -0.129. The molecular formula is C27H24Cl2N2O. The van der Waals surface area contributed by atoms with Gasteiger partial charge in [0.15, 0.2) is 0 Å². The second-order valence-corrected chi connectivity index (χ2v) is 10.2. The number of hydrogen-bond donors (Lipinski definition) is 2. The van der Waals surface area contributed by atoms with E-state index in [-0.39, 0.29) is 5.91 Å². The van der Waals surface area contributed by atoms with E-state index in [9.17, 15) is 4.79 Å². The van der Waals surface area contributed by atoms with E-state index >= 15 is 0 Å². The van der Waals surface area contributed by atoms with Crippen LogP contribution in [0.3, 0.4) is 0 Å². The third kappa shape index (κ3) is 3.30. The normalized spacial score (nSPS) is 27.4. The minimum absolute atomic E-state index is 0.129. The molecule has 3 nitrogen and oxygen atoms in total. The average Bonchev–Trinajstić information content (AvgIpc) is 3.44. The van der Waals surface area contributed by atoms with Gasteiger partial charge in [-0.25, -0.2) is 0 Å². The van der Waals surface area contributed by atoms with Gasteiger partial charge in [-0.05, 0) is 90.5 Å². The molecule has 2 fully saturated rings. The molecule has 3 aliphatic rings. The van der Waals surface area contributed by atoms with E-state index in [2.05, 4.69) is 53.1 Å². The Morgan fingerprint density at radius 2 is 1.72 bits per heavy atom. The third-order valence-corrected chi connectivity index (χ3v) is 8.42. The summed E-state index contributed by atoms with van der Waals surface area (Å²) in [6.07, 6.45) is 3.93. The zero-order chi connectivity index (χ0) is 21.8. The molecule has 2 aliphatic carbocycles. The highest BCUT2D eigenvalue weighted by atomic mass is 35.5. The van der Waals surface area contributed by atoms with Gasteiger partial charge in [0.2, 0.25) is 0 Å². The topological polar surface area (TPSA) is 41.1 Å². The Hall–Kier alpha value is -2.49. The van der Waals surface area contributed by atoms with Crippen molar-refractivity contribution in [3.8, 4) is 0 Å². The lowest BCUT2D eigenvalue weighted by molar-refractivity contribution is 0.102. The summed E-state index contributed by atoms with van der Waals surface area (Å²) in [7, 11) is 0. The molecule has 1 heterocycles. The van der Waals surface area contributed by atoms with Gasteiger partial charge in [0, 0.05) is 16.9 Å². The Labute approximate surface area is 198 Å². The van der Waals surface area contributed by atoms with Gasteiger partial charge in [-0.1, -0.05) is 53.5 Å². The van der Waals surface area contributed by atoms with E-state index in [0.717, 1.165) is 5.92 Å². The van der Waals surface area contributed by atoms with Gasteiger partial charge in [-0.3, -0.25) is 4.79 Å². The predicted octanol–water partition coefficient (Wildman–Crippen LogP) is 7.54. The molecule has 3 aromatic rings. The molecule has 0 saturated heterocycles. The van der Waals surface area contributed by atoms with Gasteiger partial charge in [-0.2, -0.15) is 0 Å². The van der Waals surface area contributed by atoms with Crippen molar-refractivity contribution >= 4 is 40.5 Å². The minimum Gasteiger partial charge on any atom is -0.378 e. The molecule has 5 atom stereocenters. The molecular weight excluding hydrogens is 439 g/mol. The van der Waals surface area contributed by atoms with Gasteiger partial charge in [0.05, 0.1) is 16.1 Å². The molecule has 0 spiro atoms. The van der Waals surface area contributed by atoms with Crippen molar-refractivity contribution in [2.45, 2.75) is 31.2 Å². The van der Waals surface area contributed by atoms with E-state index in [1.807, 2.05) is 6.07 Å². The molecule has 2 N–H and O–H groups in total. The van der Waals surface area contributed by atoms with Crippen molar-refractivity contribution in [2.24, 2.45) is 17.8 Å². The summed E-state index contributed by atoms with van der Waals surface area (Å²) >= 11 is 12.1. The van der Waals surface area contributed by atoms with Crippen LogP contribution in [0.1, 0.15) is 52.7 Å². The Morgan fingerprint density at radius 1 is 0.906 bits per heavy atom. The number of nitrogens with one attached hydrogen (secondary N) is 2. The van der Waals surface area contributed by atoms with Crippen LogP contribution in [-0.2, 0) is 0 Å². The summed E-state index contributed by atoms with van der Waals surface area (Å²) in [6.45, 7) is 0. The Bertz CT molecular complexity index is 1200. The average molecular weight is 463 g/mol. The zero-order valence-corrected chi connectivity index (χ0v) is 19.0. The Balaban J connectivity index is 1.34. The van der Waals surface area contributed by atoms with Crippen LogP contribution in [0.2, 0.25) is 10.0 Å². The van der Waals surface area contributed by atoms with Crippen molar-refractivity contribution < 1.29 is 4.79 Å². The molecule has 1 aliphatic heterocycles. The zero-order valence-electron chi connectivity index (χ0n) is 17.5. The van der Waals surface area contributed by atoms with Crippen LogP contribution in [0.5, 0.6) is 0 Å². The molecule has 0 aromatic heterocycles. The van der Waals surface area contributed by atoms with Crippen LogP contribution in [0.4, 0.5) is 11.4 Å². The molecule has 162 valence electrons. The monoisotopic (exact) mass is 462 g/mol. The van der Waals surface area contributed by atoms with Crippen LogP contribution >= 0.6 is 23.2 Å². The van der Waals surface area contributed by atoms with Crippen molar-refractivity contribution in [3.05, 3.63) is 93.5 Å². The number of fused-ring (bicyclic) bond motifs is 7. The maximum Gasteiger partial charge on any atom is 0.255 e. The second kappa shape index (κ2) is 7.83. The van der Waals surface area contributed by atoms with E-state index in [1.54, 1.807) is 18.2 Å². The first-order valence-corrected chi connectivity index (χ1v) is 12.1. The molecule has 6 rings (SSSR count). The van der Waals surface area contributed by atoms with Crippen LogP contribution in [-0.4, -0.2) is 5.91 Å². The quantitative estimate of drug-likeness (QED) is 0.421. The molecule has 0 unspecified atom stereocenters. The summed E-state index contributed by atoms with van der Waals surface area (Å²) in [6, 6.07) is 22.4. The predicted molar refractivity (Wildman–Crippen MR) is 131 cm³/mol. The van der Waals surface area contributed by atoms with E-state index in [1.165, 1.54) is 36.1 Å². The highest BCUT2D eigenvalue weighted by Crippen LogP contribution is 2.63. The number of halogens is 2. The summed E-state index contributed by atoms with van der Waals surface area (Å²) in [5.41, 5.74) is 5.15. The molecule has 2 saturated carbocycles. The standard InChI is InChI=1S/C27H24Cl2N2O/c28-21-10-9-19(14-22(21)29)30-27(32)18-8-11-23-20(13-18)24-16-6-7-17(12-16)25(24)26(31-23)15-4-2-1-3-5-15/h1-5,8-11,13-14,16-17,24-26,31H,6-7,12H2,(H,30,32)/t16-,17-,24-,25-,26-/m0/s1. The summed E-state index contributed by atoms with van der Waals surface area (Å²) < 4.78 is 0.